The van der Waals surface area contributed by atoms with Gasteiger partial charge in [0.05, 0.1) is 0 Å². The lowest BCUT2D eigenvalue weighted by Crippen LogP contribution is -2.01. The molecule has 0 radical (unpaired) electrons. The summed E-state index contributed by atoms with van der Waals surface area (Å²) in [6.45, 7) is 4.58. The zero-order chi connectivity index (χ0) is 26.2. The molecule has 0 aliphatic heterocycles. The van der Waals surface area contributed by atoms with Crippen LogP contribution in [-0.2, 0) is 38.5 Å². The molecule has 4 aliphatic carbocycles. The fourth-order valence-corrected chi connectivity index (χ4v) is 7.98. The Labute approximate surface area is 239 Å². The molecule has 200 valence electrons. The first-order chi connectivity index (χ1) is 18.7. The van der Waals surface area contributed by atoms with Crippen LogP contribution in [0.15, 0.2) is 60.7 Å². The molecule has 0 nitrogen and oxygen atoms in total. The third-order valence-electron chi connectivity index (χ3n) is 8.12. The van der Waals surface area contributed by atoms with Crippen molar-refractivity contribution in [2.24, 2.45) is 0 Å². The molecule has 0 spiro atoms. The summed E-state index contributed by atoms with van der Waals surface area (Å²) in [5, 5.41) is 0. The minimum atomic E-state index is 1.10. The predicted molar refractivity (Wildman–Crippen MR) is 170 cm³/mol. The zero-order valence-corrected chi connectivity index (χ0v) is 25.1. The fourth-order valence-electron chi connectivity index (χ4n) is 5.78. The largest absolute Gasteiger partial charge is 0.140 e. The molecule has 0 amide bonds. The summed E-state index contributed by atoms with van der Waals surface area (Å²) >= 11 is 4.05. The highest BCUT2D eigenvalue weighted by atomic mass is 32.1. The third kappa shape index (κ3) is 7.07. The fraction of sp³-hybridized carbons (Fsp3) is 0.444. The highest BCUT2D eigenvalue weighted by Crippen LogP contribution is 2.36. The van der Waals surface area contributed by atoms with Crippen LogP contribution in [0.3, 0.4) is 0 Å². The van der Waals surface area contributed by atoms with Crippen LogP contribution in [0.4, 0.5) is 0 Å². The van der Waals surface area contributed by atoms with E-state index >= 15 is 0 Å². The van der Waals surface area contributed by atoms with Crippen LogP contribution in [-0.4, -0.2) is 0 Å². The van der Waals surface area contributed by atoms with Gasteiger partial charge in [-0.3, -0.25) is 0 Å². The first-order valence-corrected chi connectivity index (χ1v) is 16.8. The zero-order valence-electron chi connectivity index (χ0n) is 23.5. The van der Waals surface area contributed by atoms with E-state index in [1.165, 1.54) is 107 Å². The smallest absolute Gasteiger partial charge is 0.0348 e. The van der Waals surface area contributed by atoms with Gasteiger partial charge in [-0.15, -0.1) is 22.7 Å². The van der Waals surface area contributed by atoms with Crippen molar-refractivity contribution in [1.82, 2.24) is 0 Å². The number of hydrogen-bond donors (Lipinski definition) is 0. The number of unbranched alkanes of at least 4 members (excludes halogenated alkanes) is 6. The molecule has 0 N–H and O–H groups in total. The Balaban J connectivity index is 1.34. The maximum Gasteiger partial charge on any atom is 0.0348 e. The van der Waals surface area contributed by atoms with Crippen molar-refractivity contribution < 1.29 is 0 Å². The molecule has 0 atom stereocenters. The van der Waals surface area contributed by atoms with Gasteiger partial charge in [0, 0.05) is 19.5 Å². The van der Waals surface area contributed by atoms with E-state index in [1.807, 2.05) is 22.7 Å². The second kappa shape index (κ2) is 13.8. The standard InChI is InChI=1S/C36H44S2/c1-3-5-7-9-11-31-21-23-35(37-31)33-25-27-13-17-29(33)19-15-28-14-18-30(20-16-27)34(26-28)36-24-22-32(38-36)12-10-8-6-4-2/h13-14,17-18,21-26H,3-12,15-16,19-20H2,1-2H3. The average molecular weight is 541 g/mol. The maximum atomic E-state index is 2.51. The molecule has 2 heterocycles. The maximum absolute atomic E-state index is 2.51. The van der Waals surface area contributed by atoms with Crippen LogP contribution >= 0.6 is 22.7 Å². The summed E-state index contributed by atoms with van der Waals surface area (Å²) in [5.41, 5.74) is 8.91. The molecule has 4 aliphatic rings. The van der Waals surface area contributed by atoms with Gasteiger partial charge in [-0.1, -0.05) is 88.8 Å². The summed E-state index contributed by atoms with van der Waals surface area (Å²) in [7, 11) is 0. The van der Waals surface area contributed by atoms with E-state index in [2.05, 4.69) is 74.5 Å². The normalized spacial score (nSPS) is 13.1. The van der Waals surface area contributed by atoms with Crippen molar-refractivity contribution >= 4 is 22.7 Å². The SMILES string of the molecule is CCCCCCc1ccc(-c2cc3ccc2CCc2ccc(c(-c4ccc(CCCCCC)s4)c2)CC3)s1. The van der Waals surface area contributed by atoms with E-state index in [-0.39, 0.29) is 0 Å². The van der Waals surface area contributed by atoms with Crippen molar-refractivity contribution in [3.05, 3.63) is 92.7 Å². The molecule has 0 fully saturated rings. The van der Waals surface area contributed by atoms with Crippen LogP contribution in [0.25, 0.3) is 20.9 Å². The lowest BCUT2D eigenvalue weighted by Gasteiger charge is -2.16. The first kappa shape index (κ1) is 27.4. The minimum absolute atomic E-state index is 1.10. The number of thiophene rings is 2. The van der Waals surface area contributed by atoms with Gasteiger partial charge < -0.3 is 0 Å². The molecule has 8 rings (SSSR count). The monoisotopic (exact) mass is 540 g/mol. The van der Waals surface area contributed by atoms with Crippen molar-refractivity contribution in [2.45, 2.75) is 104 Å². The van der Waals surface area contributed by atoms with E-state index in [0.29, 0.717) is 0 Å². The summed E-state index contributed by atoms with van der Waals surface area (Å²) < 4.78 is 0. The summed E-state index contributed by atoms with van der Waals surface area (Å²) in [6, 6.07) is 24.2. The molecule has 2 aromatic heterocycles. The van der Waals surface area contributed by atoms with E-state index in [1.54, 1.807) is 9.75 Å². The molecular formula is C36H44S2. The van der Waals surface area contributed by atoms with Crippen molar-refractivity contribution in [1.29, 1.82) is 0 Å². The second-order valence-electron chi connectivity index (χ2n) is 11.1. The quantitative estimate of drug-likeness (QED) is 0.157. The molecule has 0 unspecified atom stereocenters. The van der Waals surface area contributed by atoms with E-state index in [4.69, 9.17) is 0 Å². The van der Waals surface area contributed by atoms with Gasteiger partial charge in [0.15, 0.2) is 0 Å². The molecular weight excluding hydrogens is 497 g/mol. The Morgan fingerprint density at radius 3 is 1.42 bits per heavy atom. The summed E-state index contributed by atoms with van der Waals surface area (Å²) in [5.74, 6) is 0. The van der Waals surface area contributed by atoms with Crippen molar-refractivity contribution in [3.8, 4) is 20.9 Å². The topological polar surface area (TPSA) is 0 Å². The van der Waals surface area contributed by atoms with Crippen LogP contribution in [0.5, 0.6) is 0 Å². The first-order valence-electron chi connectivity index (χ1n) is 15.1. The molecule has 0 saturated carbocycles. The molecule has 4 aromatic rings. The van der Waals surface area contributed by atoms with Gasteiger partial charge in [0.1, 0.15) is 0 Å². The van der Waals surface area contributed by atoms with E-state index in [0.717, 1.165) is 25.7 Å². The Morgan fingerprint density at radius 1 is 0.500 bits per heavy atom. The van der Waals surface area contributed by atoms with Crippen LogP contribution in [0.2, 0.25) is 0 Å². The van der Waals surface area contributed by atoms with E-state index < -0.39 is 0 Å². The third-order valence-corrected chi connectivity index (χ3v) is 10.5. The number of hydrogen-bond acceptors (Lipinski definition) is 2. The lowest BCUT2D eigenvalue weighted by atomic mass is 9.90. The molecule has 0 saturated heterocycles. The summed E-state index contributed by atoms with van der Waals surface area (Å²) in [6.07, 6.45) is 17.6. The van der Waals surface area contributed by atoms with Gasteiger partial charge in [-0.05, 0) is 109 Å². The van der Waals surface area contributed by atoms with Crippen LogP contribution in [0.1, 0.15) is 97.2 Å². The average Bonchev–Trinajstić information content (AvgIpc) is 3.60. The molecule has 2 heteroatoms. The van der Waals surface area contributed by atoms with Gasteiger partial charge in [-0.25, -0.2) is 0 Å². The number of benzene rings is 2. The Kier molecular flexibility index (Phi) is 9.93. The Hall–Kier alpha value is -2.16. The van der Waals surface area contributed by atoms with Crippen molar-refractivity contribution in [2.75, 3.05) is 0 Å². The molecule has 2 aromatic carbocycles. The van der Waals surface area contributed by atoms with Crippen LogP contribution < -0.4 is 0 Å². The molecule has 4 bridgehead atoms. The van der Waals surface area contributed by atoms with Crippen LogP contribution in [0, 0.1) is 0 Å². The van der Waals surface area contributed by atoms with Gasteiger partial charge in [0.25, 0.3) is 0 Å². The molecule has 38 heavy (non-hydrogen) atoms. The second-order valence-corrected chi connectivity index (χ2v) is 13.5. The van der Waals surface area contributed by atoms with Gasteiger partial charge in [0.2, 0.25) is 0 Å². The lowest BCUT2D eigenvalue weighted by molar-refractivity contribution is 0.670. The number of aryl methyl sites for hydroxylation is 6. The summed E-state index contributed by atoms with van der Waals surface area (Å²) in [4.78, 5) is 6.02. The highest BCUT2D eigenvalue weighted by Gasteiger charge is 2.15. The van der Waals surface area contributed by atoms with Crippen molar-refractivity contribution in [3.63, 3.8) is 0 Å². The minimum Gasteiger partial charge on any atom is -0.140 e. The Bertz CT molecular complexity index is 1200. The number of rotatable bonds is 12. The Morgan fingerprint density at radius 2 is 0.974 bits per heavy atom. The van der Waals surface area contributed by atoms with Gasteiger partial charge in [-0.2, -0.15) is 0 Å². The highest BCUT2D eigenvalue weighted by molar-refractivity contribution is 7.15. The van der Waals surface area contributed by atoms with Gasteiger partial charge >= 0.3 is 0 Å². The van der Waals surface area contributed by atoms with E-state index in [9.17, 15) is 0 Å². The predicted octanol–water partition coefficient (Wildman–Crippen LogP) is 11.3.